The number of hydrogen-bond acceptors (Lipinski definition) is 3. The van der Waals surface area contributed by atoms with E-state index in [-0.39, 0.29) is 11.7 Å². The number of Topliss-reactive ketones (excluding diaryl/α,β-unsaturated/α-hetero) is 1. The summed E-state index contributed by atoms with van der Waals surface area (Å²) in [5, 5.41) is 0. The van der Waals surface area contributed by atoms with E-state index in [1.165, 1.54) is 6.42 Å². The van der Waals surface area contributed by atoms with Gasteiger partial charge in [0.25, 0.3) is 5.91 Å². The summed E-state index contributed by atoms with van der Waals surface area (Å²) in [6.45, 7) is 1.67. The molecular weight excluding hydrogens is 338 g/mol. The van der Waals surface area contributed by atoms with Crippen molar-refractivity contribution >= 4 is 11.7 Å². The molecule has 2 aromatic rings. The number of benzene rings is 2. The molecule has 0 atom stereocenters. The molecule has 0 aliphatic carbocycles. The molecular formula is C23H27NO3. The van der Waals surface area contributed by atoms with Gasteiger partial charge in [0.1, 0.15) is 5.75 Å². The predicted octanol–water partition coefficient (Wildman–Crippen LogP) is 4.53. The van der Waals surface area contributed by atoms with Crippen LogP contribution in [0.2, 0.25) is 0 Å². The zero-order valence-electron chi connectivity index (χ0n) is 15.9. The number of carbonyl (C=O) groups excluding carboxylic acids is 2. The molecule has 0 bridgehead atoms. The molecule has 0 spiro atoms. The number of ether oxygens (including phenoxy) is 1. The van der Waals surface area contributed by atoms with Crippen molar-refractivity contribution in [2.24, 2.45) is 0 Å². The number of hydrogen-bond donors (Lipinski definition) is 0. The Morgan fingerprint density at radius 1 is 0.926 bits per heavy atom. The van der Waals surface area contributed by atoms with Gasteiger partial charge in [0.05, 0.1) is 7.11 Å². The van der Waals surface area contributed by atoms with Crippen molar-refractivity contribution in [3.8, 4) is 5.75 Å². The molecule has 1 aliphatic rings. The van der Waals surface area contributed by atoms with Crippen LogP contribution in [0.5, 0.6) is 5.75 Å². The summed E-state index contributed by atoms with van der Waals surface area (Å²) in [4.78, 5) is 26.9. The summed E-state index contributed by atoms with van der Waals surface area (Å²) in [5.74, 6) is 1.05. The minimum atomic E-state index is 0.0740. The minimum Gasteiger partial charge on any atom is -0.496 e. The van der Waals surface area contributed by atoms with E-state index in [9.17, 15) is 9.59 Å². The van der Waals surface area contributed by atoms with Crippen LogP contribution in [0.1, 0.15) is 58.4 Å². The van der Waals surface area contributed by atoms with Crippen LogP contribution in [-0.4, -0.2) is 36.8 Å². The van der Waals surface area contributed by atoms with E-state index in [0.717, 1.165) is 50.1 Å². The second-order valence-electron chi connectivity index (χ2n) is 7.02. The van der Waals surface area contributed by atoms with Crippen molar-refractivity contribution in [2.75, 3.05) is 20.2 Å². The fourth-order valence-electron chi connectivity index (χ4n) is 3.57. The van der Waals surface area contributed by atoms with Crippen LogP contribution < -0.4 is 4.74 Å². The molecule has 4 heteroatoms. The molecule has 0 radical (unpaired) electrons. The molecule has 27 heavy (non-hydrogen) atoms. The number of methoxy groups -OCH3 is 1. The number of nitrogens with zero attached hydrogens (tertiary/aromatic N) is 1. The largest absolute Gasteiger partial charge is 0.496 e. The van der Waals surface area contributed by atoms with Gasteiger partial charge in [0.15, 0.2) is 5.78 Å². The van der Waals surface area contributed by atoms with Crippen LogP contribution >= 0.6 is 0 Å². The Bertz CT molecular complexity index is 776. The van der Waals surface area contributed by atoms with Gasteiger partial charge < -0.3 is 9.64 Å². The van der Waals surface area contributed by atoms with Crippen molar-refractivity contribution < 1.29 is 14.3 Å². The van der Waals surface area contributed by atoms with Crippen molar-refractivity contribution in [3.63, 3.8) is 0 Å². The summed E-state index contributed by atoms with van der Waals surface area (Å²) < 4.78 is 5.35. The van der Waals surface area contributed by atoms with Crippen LogP contribution in [0.3, 0.4) is 0 Å². The summed E-state index contributed by atoms with van der Waals surface area (Å²) in [6.07, 6.45) is 5.42. The maximum Gasteiger partial charge on any atom is 0.253 e. The lowest BCUT2D eigenvalue weighted by Gasteiger charge is -2.26. The number of piperidine rings is 1. The van der Waals surface area contributed by atoms with Gasteiger partial charge >= 0.3 is 0 Å². The molecule has 142 valence electrons. The highest BCUT2D eigenvalue weighted by Crippen LogP contribution is 2.20. The molecule has 3 rings (SSSR count). The van der Waals surface area contributed by atoms with E-state index >= 15 is 0 Å². The Morgan fingerprint density at radius 3 is 2.30 bits per heavy atom. The van der Waals surface area contributed by atoms with E-state index in [1.807, 2.05) is 29.2 Å². The Hall–Kier alpha value is -2.62. The van der Waals surface area contributed by atoms with E-state index in [0.29, 0.717) is 17.5 Å². The van der Waals surface area contributed by atoms with Crippen LogP contribution in [-0.2, 0) is 6.42 Å². The Kier molecular flexibility index (Phi) is 6.64. The Labute approximate surface area is 161 Å². The average Bonchev–Trinajstić information content (AvgIpc) is 2.74. The summed E-state index contributed by atoms with van der Waals surface area (Å²) in [7, 11) is 1.66. The molecule has 0 aromatic heterocycles. The number of para-hydroxylation sites is 1. The summed E-state index contributed by atoms with van der Waals surface area (Å²) >= 11 is 0. The first kappa shape index (κ1) is 19.2. The molecule has 1 heterocycles. The van der Waals surface area contributed by atoms with Crippen LogP contribution in [0.4, 0.5) is 0 Å². The predicted molar refractivity (Wildman–Crippen MR) is 106 cm³/mol. The highest BCUT2D eigenvalue weighted by Gasteiger charge is 2.18. The topological polar surface area (TPSA) is 46.6 Å². The molecule has 1 aliphatic heterocycles. The van der Waals surface area contributed by atoms with Crippen molar-refractivity contribution in [1.82, 2.24) is 4.90 Å². The second-order valence-corrected chi connectivity index (χ2v) is 7.02. The highest BCUT2D eigenvalue weighted by molar-refractivity contribution is 5.98. The number of amides is 1. The monoisotopic (exact) mass is 365 g/mol. The first-order valence-electron chi connectivity index (χ1n) is 9.73. The van der Waals surface area contributed by atoms with E-state index in [4.69, 9.17) is 4.74 Å². The fraction of sp³-hybridized carbons (Fsp3) is 0.391. The maximum atomic E-state index is 12.5. The third-order valence-electron chi connectivity index (χ3n) is 5.14. The van der Waals surface area contributed by atoms with Crippen LogP contribution in [0.25, 0.3) is 0 Å². The van der Waals surface area contributed by atoms with Gasteiger partial charge in [-0.15, -0.1) is 0 Å². The molecule has 1 fully saturated rings. The molecule has 0 saturated carbocycles. The maximum absolute atomic E-state index is 12.5. The summed E-state index contributed by atoms with van der Waals surface area (Å²) in [5.41, 5.74) is 2.46. The smallest absolute Gasteiger partial charge is 0.253 e. The molecule has 4 nitrogen and oxygen atoms in total. The van der Waals surface area contributed by atoms with Crippen molar-refractivity contribution in [3.05, 3.63) is 65.2 Å². The first-order chi connectivity index (χ1) is 13.2. The lowest BCUT2D eigenvalue weighted by Crippen LogP contribution is -2.35. The van der Waals surface area contributed by atoms with Gasteiger partial charge in [-0.2, -0.15) is 0 Å². The Balaban J connectivity index is 1.53. The second kappa shape index (κ2) is 9.36. The zero-order valence-corrected chi connectivity index (χ0v) is 15.9. The molecule has 0 N–H and O–H groups in total. The van der Waals surface area contributed by atoms with Gasteiger partial charge in [-0.3, -0.25) is 9.59 Å². The molecule has 0 unspecified atom stereocenters. The number of likely N-dealkylation sites (tertiary alicyclic amines) is 1. The zero-order chi connectivity index (χ0) is 19.1. The summed E-state index contributed by atoms with van der Waals surface area (Å²) in [6, 6.07) is 15.0. The molecule has 2 aromatic carbocycles. The average molecular weight is 365 g/mol. The highest BCUT2D eigenvalue weighted by atomic mass is 16.5. The van der Waals surface area contributed by atoms with Gasteiger partial charge in [0, 0.05) is 30.6 Å². The van der Waals surface area contributed by atoms with Crippen LogP contribution in [0.15, 0.2) is 48.5 Å². The lowest BCUT2D eigenvalue weighted by molar-refractivity contribution is 0.0724. The number of ketones is 1. The normalized spacial score (nSPS) is 14.0. The van der Waals surface area contributed by atoms with Crippen molar-refractivity contribution in [1.29, 1.82) is 0 Å². The number of rotatable bonds is 7. The van der Waals surface area contributed by atoms with Gasteiger partial charge in [-0.25, -0.2) is 0 Å². The standard InChI is InChI=1S/C23H27NO3/c1-27-22-11-4-3-8-19(22)9-7-10-21(25)18-12-14-20(15-13-18)23(26)24-16-5-2-6-17-24/h3-4,8,11-15H,2,5-7,9-10,16-17H2,1H3. The first-order valence-corrected chi connectivity index (χ1v) is 9.73. The molecule has 1 saturated heterocycles. The third kappa shape index (κ3) is 4.97. The number of aryl methyl sites for hydroxylation is 1. The van der Waals surface area contributed by atoms with Crippen LogP contribution in [0, 0.1) is 0 Å². The molecule has 1 amide bonds. The minimum absolute atomic E-state index is 0.0740. The Morgan fingerprint density at radius 2 is 1.59 bits per heavy atom. The van der Waals surface area contributed by atoms with Gasteiger partial charge in [0.2, 0.25) is 0 Å². The van der Waals surface area contributed by atoms with E-state index in [2.05, 4.69) is 0 Å². The number of carbonyl (C=O) groups is 2. The van der Waals surface area contributed by atoms with Gasteiger partial charge in [-0.1, -0.05) is 30.3 Å². The van der Waals surface area contributed by atoms with E-state index < -0.39 is 0 Å². The van der Waals surface area contributed by atoms with Crippen molar-refractivity contribution in [2.45, 2.75) is 38.5 Å². The third-order valence-corrected chi connectivity index (χ3v) is 5.14. The lowest BCUT2D eigenvalue weighted by atomic mass is 10.0. The van der Waals surface area contributed by atoms with Gasteiger partial charge in [-0.05, 0) is 55.9 Å². The quantitative estimate of drug-likeness (QED) is 0.678. The fourth-order valence-corrected chi connectivity index (χ4v) is 3.57. The SMILES string of the molecule is COc1ccccc1CCCC(=O)c1ccc(C(=O)N2CCCCC2)cc1. The van der Waals surface area contributed by atoms with E-state index in [1.54, 1.807) is 31.4 Å².